The summed E-state index contributed by atoms with van der Waals surface area (Å²) in [5.74, 6) is -2.34. The Morgan fingerprint density at radius 1 is 1.50 bits per heavy atom. The summed E-state index contributed by atoms with van der Waals surface area (Å²) in [5, 5.41) is 10.6. The summed E-state index contributed by atoms with van der Waals surface area (Å²) in [7, 11) is 1.19. The Morgan fingerprint density at radius 3 is 2.67 bits per heavy atom. The zero-order valence-corrected chi connectivity index (χ0v) is 6.33. The lowest BCUT2D eigenvalue weighted by atomic mass is 10.2. The molecule has 0 spiro atoms. The number of halogens is 1. The van der Waals surface area contributed by atoms with Crippen LogP contribution in [0.25, 0.3) is 0 Å². The van der Waals surface area contributed by atoms with Gasteiger partial charge in [-0.2, -0.15) is 0 Å². The van der Waals surface area contributed by atoms with Crippen LogP contribution in [0, 0.1) is 5.82 Å². The van der Waals surface area contributed by atoms with Gasteiger partial charge in [-0.05, 0) is 18.2 Å². The molecule has 12 heavy (non-hydrogen) atoms. The average Bonchev–Trinajstić information content (AvgIpc) is 2.08. The quantitative estimate of drug-likeness (QED) is 0.601. The summed E-state index contributed by atoms with van der Waals surface area (Å²) < 4.78 is 16.9. The molecular formula is C8H6FO3. The Kier molecular flexibility index (Phi) is 2.28. The SMILES string of the molecule is COC(=O)c1ccc([O])c(F)c1. The van der Waals surface area contributed by atoms with Crippen molar-refractivity contribution in [3.63, 3.8) is 0 Å². The number of hydrogen-bond acceptors (Lipinski definition) is 2. The van der Waals surface area contributed by atoms with Gasteiger partial charge in [0.15, 0.2) is 5.82 Å². The van der Waals surface area contributed by atoms with Crippen LogP contribution in [-0.2, 0) is 9.84 Å². The highest BCUT2D eigenvalue weighted by atomic mass is 19.1. The molecule has 0 amide bonds. The summed E-state index contributed by atoms with van der Waals surface area (Å²) >= 11 is 0. The minimum absolute atomic E-state index is 0.0367. The Morgan fingerprint density at radius 2 is 2.17 bits per heavy atom. The van der Waals surface area contributed by atoms with E-state index in [4.69, 9.17) is 0 Å². The Bertz CT molecular complexity index is 309. The molecule has 1 radical (unpaired) electrons. The predicted octanol–water partition coefficient (Wildman–Crippen LogP) is 1.76. The van der Waals surface area contributed by atoms with Crippen molar-refractivity contribution in [2.24, 2.45) is 0 Å². The van der Waals surface area contributed by atoms with Crippen LogP contribution in [0.2, 0.25) is 0 Å². The average molecular weight is 169 g/mol. The normalized spacial score (nSPS) is 9.50. The maximum atomic E-state index is 12.6. The van der Waals surface area contributed by atoms with Gasteiger partial charge < -0.3 is 4.74 Å². The first-order valence-corrected chi connectivity index (χ1v) is 3.20. The highest BCUT2D eigenvalue weighted by Crippen LogP contribution is 2.17. The summed E-state index contributed by atoms with van der Waals surface area (Å²) in [6.45, 7) is 0. The maximum Gasteiger partial charge on any atom is 0.337 e. The van der Waals surface area contributed by atoms with Crippen LogP contribution in [0.3, 0.4) is 0 Å². The van der Waals surface area contributed by atoms with E-state index in [9.17, 15) is 14.3 Å². The predicted molar refractivity (Wildman–Crippen MR) is 37.9 cm³/mol. The number of methoxy groups -OCH3 is 1. The van der Waals surface area contributed by atoms with E-state index >= 15 is 0 Å². The van der Waals surface area contributed by atoms with Crippen LogP contribution >= 0.6 is 0 Å². The van der Waals surface area contributed by atoms with Crippen molar-refractivity contribution in [2.45, 2.75) is 0 Å². The van der Waals surface area contributed by atoms with Crippen molar-refractivity contribution in [1.82, 2.24) is 0 Å². The molecule has 4 heteroatoms. The fourth-order valence-electron chi connectivity index (χ4n) is 0.746. The highest BCUT2D eigenvalue weighted by Gasteiger charge is 2.09. The fraction of sp³-hybridized carbons (Fsp3) is 0.125. The van der Waals surface area contributed by atoms with E-state index < -0.39 is 17.5 Å². The maximum absolute atomic E-state index is 12.6. The van der Waals surface area contributed by atoms with Gasteiger partial charge in [0, 0.05) is 0 Å². The van der Waals surface area contributed by atoms with Crippen LogP contribution in [-0.4, -0.2) is 13.1 Å². The Labute approximate surface area is 68.4 Å². The molecule has 0 atom stereocenters. The lowest BCUT2D eigenvalue weighted by Crippen LogP contribution is -2.00. The molecule has 0 bridgehead atoms. The summed E-state index contributed by atoms with van der Waals surface area (Å²) in [4.78, 5) is 10.8. The van der Waals surface area contributed by atoms with Gasteiger partial charge in [0.1, 0.15) is 0 Å². The molecule has 0 aliphatic rings. The van der Waals surface area contributed by atoms with Gasteiger partial charge in [-0.15, -0.1) is 0 Å². The van der Waals surface area contributed by atoms with Crippen molar-refractivity contribution in [3.05, 3.63) is 29.6 Å². The van der Waals surface area contributed by atoms with Crippen LogP contribution in [0.4, 0.5) is 4.39 Å². The van der Waals surface area contributed by atoms with Crippen LogP contribution in [0.1, 0.15) is 10.4 Å². The molecule has 0 fully saturated rings. The fourth-order valence-corrected chi connectivity index (χ4v) is 0.746. The van der Waals surface area contributed by atoms with Crippen molar-refractivity contribution in [1.29, 1.82) is 0 Å². The van der Waals surface area contributed by atoms with Gasteiger partial charge in [-0.25, -0.2) is 9.18 Å². The van der Waals surface area contributed by atoms with Crippen LogP contribution in [0.5, 0.6) is 5.75 Å². The minimum atomic E-state index is -0.946. The van der Waals surface area contributed by atoms with Crippen molar-refractivity contribution >= 4 is 5.97 Å². The summed E-state index contributed by atoms with van der Waals surface area (Å²) in [6.07, 6.45) is 0. The third-order valence-electron chi connectivity index (χ3n) is 1.35. The van der Waals surface area contributed by atoms with Gasteiger partial charge >= 0.3 is 5.97 Å². The van der Waals surface area contributed by atoms with E-state index in [1.807, 2.05) is 0 Å². The second kappa shape index (κ2) is 3.21. The second-order valence-corrected chi connectivity index (χ2v) is 2.14. The minimum Gasteiger partial charge on any atom is -0.465 e. The first-order chi connectivity index (χ1) is 5.65. The topological polar surface area (TPSA) is 46.2 Å². The number of benzene rings is 1. The molecule has 3 nitrogen and oxygen atoms in total. The third kappa shape index (κ3) is 1.53. The van der Waals surface area contributed by atoms with E-state index in [0.29, 0.717) is 0 Å². The van der Waals surface area contributed by atoms with Gasteiger partial charge in [-0.1, -0.05) is 0 Å². The number of rotatable bonds is 1. The summed E-state index contributed by atoms with van der Waals surface area (Å²) in [6, 6.07) is 3.06. The van der Waals surface area contributed by atoms with E-state index in [0.717, 1.165) is 12.1 Å². The third-order valence-corrected chi connectivity index (χ3v) is 1.35. The molecule has 0 aliphatic heterocycles. The molecule has 1 aromatic carbocycles. The number of esters is 1. The van der Waals surface area contributed by atoms with Gasteiger partial charge in [0.2, 0.25) is 5.75 Å². The van der Waals surface area contributed by atoms with Crippen molar-refractivity contribution < 1.29 is 19.0 Å². The van der Waals surface area contributed by atoms with E-state index in [1.165, 1.54) is 13.2 Å². The number of hydrogen-bond donors (Lipinski definition) is 0. The van der Waals surface area contributed by atoms with Gasteiger partial charge in [0.25, 0.3) is 0 Å². The van der Waals surface area contributed by atoms with E-state index in [1.54, 1.807) is 0 Å². The molecule has 0 aromatic heterocycles. The van der Waals surface area contributed by atoms with E-state index in [-0.39, 0.29) is 5.56 Å². The summed E-state index contributed by atoms with van der Waals surface area (Å²) in [5.41, 5.74) is 0.0367. The molecule has 63 valence electrons. The number of ether oxygens (including phenoxy) is 1. The number of carbonyl (C=O) groups is 1. The molecule has 0 heterocycles. The van der Waals surface area contributed by atoms with Crippen LogP contribution < -0.4 is 0 Å². The lowest BCUT2D eigenvalue weighted by Gasteiger charge is -1.98. The largest absolute Gasteiger partial charge is 0.465 e. The lowest BCUT2D eigenvalue weighted by molar-refractivity contribution is 0.0600. The number of carbonyl (C=O) groups excluding carboxylic acids is 1. The van der Waals surface area contributed by atoms with Crippen molar-refractivity contribution in [2.75, 3.05) is 7.11 Å². The first-order valence-electron chi connectivity index (χ1n) is 3.20. The molecule has 0 saturated carbocycles. The molecule has 0 saturated heterocycles. The Balaban J connectivity index is 3.05. The monoisotopic (exact) mass is 169 g/mol. The molecule has 1 aromatic rings. The molecule has 0 N–H and O–H groups in total. The van der Waals surface area contributed by atoms with Crippen molar-refractivity contribution in [3.8, 4) is 5.75 Å². The molecule has 0 unspecified atom stereocenters. The molecular weight excluding hydrogens is 163 g/mol. The molecule has 0 aliphatic carbocycles. The van der Waals surface area contributed by atoms with Crippen LogP contribution in [0.15, 0.2) is 18.2 Å². The highest BCUT2D eigenvalue weighted by molar-refractivity contribution is 5.89. The first kappa shape index (κ1) is 8.52. The zero-order chi connectivity index (χ0) is 9.14. The standard InChI is InChI=1S/C8H6FO3/c1-12-8(11)5-2-3-7(10)6(9)4-5/h2-4H,1H3. The zero-order valence-electron chi connectivity index (χ0n) is 6.33. The second-order valence-electron chi connectivity index (χ2n) is 2.14. The van der Waals surface area contributed by atoms with Gasteiger partial charge in [0.05, 0.1) is 12.7 Å². The molecule has 1 rings (SSSR count). The van der Waals surface area contributed by atoms with Gasteiger partial charge in [-0.3, -0.25) is 5.11 Å². The van der Waals surface area contributed by atoms with E-state index in [2.05, 4.69) is 4.74 Å². The smallest absolute Gasteiger partial charge is 0.337 e. The Hall–Kier alpha value is -1.58.